The van der Waals surface area contributed by atoms with Gasteiger partial charge in [-0.05, 0) is 45.6 Å². The Balaban J connectivity index is 1.97. The van der Waals surface area contributed by atoms with Crippen LogP contribution in [-0.2, 0) is 4.74 Å². The smallest absolute Gasteiger partial charge is 0.0777 e. The SMILES string of the molecule is COC1(C)CCCN([C@@H]2CCC[C@H]2O)C1. The van der Waals surface area contributed by atoms with Crippen molar-refractivity contribution in [1.82, 2.24) is 4.90 Å². The number of likely N-dealkylation sites (tertiary alicyclic amines) is 1. The van der Waals surface area contributed by atoms with Crippen LogP contribution in [-0.4, -0.2) is 48.0 Å². The summed E-state index contributed by atoms with van der Waals surface area (Å²) < 4.78 is 5.58. The summed E-state index contributed by atoms with van der Waals surface area (Å²) in [4.78, 5) is 2.44. The molecule has 2 fully saturated rings. The number of rotatable bonds is 2. The van der Waals surface area contributed by atoms with Crippen LogP contribution in [0.2, 0.25) is 0 Å². The van der Waals surface area contributed by atoms with E-state index in [1.807, 2.05) is 0 Å². The van der Waals surface area contributed by atoms with E-state index in [4.69, 9.17) is 4.74 Å². The summed E-state index contributed by atoms with van der Waals surface area (Å²) in [5.41, 5.74) is 0.000556. The Morgan fingerprint density at radius 3 is 2.73 bits per heavy atom. The van der Waals surface area contributed by atoms with Gasteiger partial charge in [-0.25, -0.2) is 0 Å². The Kier molecular flexibility index (Phi) is 3.33. The summed E-state index contributed by atoms with van der Waals surface area (Å²) in [5.74, 6) is 0. The van der Waals surface area contributed by atoms with Crippen LogP contribution in [0, 0.1) is 0 Å². The van der Waals surface area contributed by atoms with Crippen molar-refractivity contribution in [1.29, 1.82) is 0 Å². The lowest BCUT2D eigenvalue weighted by molar-refractivity contribution is -0.0718. The molecule has 2 aliphatic rings. The number of ether oxygens (including phenoxy) is 1. The van der Waals surface area contributed by atoms with E-state index >= 15 is 0 Å². The predicted octanol–water partition coefficient (Wildman–Crippen LogP) is 1.40. The second kappa shape index (κ2) is 4.40. The molecule has 0 bridgehead atoms. The first-order chi connectivity index (χ1) is 7.14. The Hall–Kier alpha value is -0.120. The predicted molar refractivity (Wildman–Crippen MR) is 59.9 cm³/mol. The fourth-order valence-corrected chi connectivity index (χ4v) is 3.04. The van der Waals surface area contributed by atoms with Gasteiger partial charge in [-0.2, -0.15) is 0 Å². The third-order valence-corrected chi connectivity index (χ3v) is 4.09. The first kappa shape index (κ1) is 11.4. The van der Waals surface area contributed by atoms with E-state index in [2.05, 4.69) is 11.8 Å². The molecule has 1 aliphatic carbocycles. The molecule has 1 heterocycles. The molecule has 0 radical (unpaired) electrons. The Labute approximate surface area is 92.4 Å². The molecule has 3 heteroatoms. The standard InChI is InChI=1S/C12H23NO2/c1-12(15-2)7-4-8-13(9-12)10-5-3-6-11(10)14/h10-11,14H,3-9H2,1-2H3/t10-,11-,12?/m1/s1. The number of aliphatic hydroxyl groups is 1. The molecule has 1 saturated carbocycles. The average Bonchev–Trinajstić information content (AvgIpc) is 2.65. The summed E-state index contributed by atoms with van der Waals surface area (Å²) in [6.07, 6.45) is 5.53. The summed E-state index contributed by atoms with van der Waals surface area (Å²) in [6.45, 7) is 4.28. The van der Waals surface area contributed by atoms with Gasteiger partial charge in [0.25, 0.3) is 0 Å². The van der Waals surface area contributed by atoms with Crippen LogP contribution in [0.4, 0.5) is 0 Å². The van der Waals surface area contributed by atoms with E-state index in [1.54, 1.807) is 7.11 Å². The zero-order valence-corrected chi connectivity index (χ0v) is 9.91. The molecular formula is C12H23NO2. The third kappa shape index (κ3) is 2.35. The van der Waals surface area contributed by atoms with Gasteiger partial charge in [-0.15, -0.1) is 0 Å². The summed E-state index contributed by atoms with van der Waals surface area (Å²) in [5, 5.41) is 9.90. The van der Waals surface area contributed by atoms with E-state index in [0.29, 0.717) is 6.04 Å². The van der Waals surface area contributed by atoms with E-state index in [-0.39, 0.29) is 11.7 Å². The van der Waals surface area contributed by atoms with E-state index < -0.39 is 0 Å². The monoisotopic (exact) mass is 213 g/mol. The van der Waals surface area contributed by atoms with Crippen LogP contribution in [0.15, 0.2) is 0 Å². The molecule has 0 aromatic carbocycles. The van der Waals surface area contributed by atoms with Gasteiger partial charge in [0.2, 0.25) is 0 Å². The van der Waals surface area contributed by atoms with Crippen LogP contribution in [0.5, 0.6) is 0 Å². The molecule has 0 aromatic heterocycles. The number of piperidine rings is 1. The maximum Gasteiger partial charge on any atom is 0.0777 e. The molecule has 1 aliphatic heterocycles. The highest BCUT2D eigenvalue weighted by Crippen LogP contribution is 2.31. The van der Waals surface area contributed by atoms with Gasteiger partial charge in [0, 0.05) is 19.7 Å². The molecule has 1 unspecified atom stereocenters. The zero-order chi connectivity index (χ0) is 10.9. The highest BCUT2D eigenvalue weighted by atomic mass is 16.5. The lowest BCUT2D eigenvalue weighted by Gasteiger charge is -2.43. The van der Waals surface area contributed by atoms with Gasteiger partial charge in [-0.3, -0.25) is 4.90 Å². The molecule has 2 rings (SSSR count). The molecule has 15 heavy (non-hydrogen) atoms. The lowest BCUT2D eigenvalue weighted by Crippen LogP contribution is -2.53. The maximum atomic E-state index is 9.90. The first-order valence-electron chi connectivity index (χ1n) is 6.12. The van der Waals surface area contributed by atoms with Crippen molar-refractivity contribution in [2.45, 2.75) is 56.8 Å². The normalized spacial score (nSPS) is 43.4. The van der Waals surface area contributed by atoms with Gasteiger partial charge < -0.3 is 9.84 Å². The fraction of sp³-hybridized carbons (Fsp3) is 1.00. The van der Waals surface area contributed by atoms with Crippen LogP contribution in [0.25, 0.3) is 0 Å². The van der Waals surface area contributed by atoms with Gasteiger partial charge in [0.1, 0.15) is 0 Å². The second-order valence-corrected chi connectivity index (χ2v) is 5.29. The van der Waals surface area contributed by atoms with E-state index in [1.165, 1.54) is 12.8 Å². The van der Waals surface area contributed by atoms with Crippen molar-refractivity contribution in [3.63, 3.8) is 0 Å². The van der Waals surface area contributed by atoms with Crippen molar-refractivity contribution in [2.75, 3.05) is 20.2 Å². The van der Waals surface area contributed by atoms with Gasteiger partial charge >= 0.3 is 0 Å². The van der Waals surface area contributed by atoms with Crippen LogP contribution < -0.4 is 0 Å². The van der Waals surface area contributed by atoms with Crippen molar-refractivity contribution in [3.05, 3.63) is 0 Å². The molecule has 0 amide bonds. The summed E-state index contributed by atoms with van der Waals surface area (Å²) in [6, 6.07) is 0.389. The number of hydrogen-bond donors (Lipinski definition) is 1. The van der Waals surface area contributed by atoms with Crippen molar-refractivity contribution >= 4 is 0 Å². The minimum Gasteiger partial charge on any atom is -0.391 e. The maximum absolute atomic E-state index is 9.90. The number of hydrogen-bond acceptors (Lipinski definition) is 3. The minimum atomic E-state index is -0.107. The largest absolute Gasteiger partial charge is 0.391 e. The van der Waals surface area contributed by atoms with Crippen LogP contribution >= 0.6 is 0 Å². The number of methoxy groups -OCH3 is 1. The van der Waals surface area contributed by atoms with Crippen molar-refractivity contribution in [3.8, 4) is 0 Å². The van der Waals surface area contributed by atoms with E-state index in [9.17, 15) is 5.11 Å². The van der Waals surface area contributed by atoms with Gasteiger partial charge in [-0.1, -0.05) is 0 Å². The topological polar surface area (TPSA) is 32.7 Å². The second-order valence-electron chi connectivity index (χ2n) is 5.29. The number of aliphatic hydroxyl groups excluding tert-OH is 1. The van der Waals surface area contributed by atoms with Gasteiger partial charge in [0.15, 0.2) is 0 Å². The Morgan fingerprint density at radius 2 is 2.13 bits per heavy atom. The van der Waals surface area contributed by atoms with Crippen molar-refractivity contribution < 1.29 is 9.84 Å². The summed E-state index contributed by atoms with van der Waals surface area (Å²) in [7, 11) is 1.80. The fourth-order valence-electron chi connectivity index (χ4n) is 3.04. The molecule has 3 nitrogen and oxygen atoms in total. The molecule has 0 spiro atoms. The van der Waals surface area contributed by atoms with Crippen LogP contribution in [0.1, 0.15) is 39.0 Å². The highest BCUT2D eigenvalue weighted by molar-refractivity contribution is 4.92. The van der Waals surface area contributed by atoms with E-state index in [0.717, 1.165) is 32.4 Å². The lowest BCUT2D eigenvalue weighted by atomic mass is 9.93. The Morgan fingerprint density at radius 1 is 1.33 bits per heavy atom. The minimum absolute atomic E-state index is 0.000556. The molecule has 3 atom stereocenters. The quantitative estimate of drug-likeness (QED) is 0.752. The number of nitrogens with zero attached hydrogens (tertiary/aromatic N) is 1. The Bertz CT molecular complexity index is 222. The molecular weight excluding hydrogens is 190 g/mol. The average molecular weight is 213 g/mol. The van der Waals surface area contributed by atoms with Crippen LogP contribution in [0.3, 0.4) is 0 Å². The molecule has 0 aromatic rings. The summed E-state index contributed by atoms with van der Waals surface area (Å²) >= 11 is 0. The zero-order valence-electron chi connectivity index (χ0n) is 9.91. The van der Waals surface area contributed by atoms with Gasteiger partial charge in [0.05, 0.1) is 11.7 Å². The highest BCUT2D eigenvalue weighted by Gasteiger charge is 2.37. The van der Waals surface area contributed by atoms with Crippen molar-refractivity contribution in [2.24, 2.45) is 0 Å². The first-order valence-corrected chi connectivity index (χ1v) is 6.12. The molecule has 88 valence electrons. The molecule has 1 N–H and O–H groups in total. The third-order valence-electron chi connectivity index (χ3n) is 4.09. The molecule has 1 saturated heterocycles.